The molecule has 0 bridgehead atoms. The maximum absolute atomic E-state index is 12.7. The van der Waals surface area contributed by atoms with Crippen molar-refractivity contribution in [3.05, 3.63) is 60.4 Å². The molecule has 6 rings (SSSR count). The first-order valence-electron chi connectivity index (χ1n) is 18.8. The quantitative estimate of drug-likeness (QED) is 0.251. The van der Waals surface area contributed by atoms with E-state index in [1.165, 1.54) is 16.2 Å². The summed E-state index contributed by atoms with van der Waals surface area (Å²) in [6.07, 6.45) is 1.86. The number of carbonyl (C=O) groups excluding carboxylic acids is 1. The average Bonchev–Trinajstić information content (AvgIpc) is 3.75. The number of nitrogens with zero attached hydrogens (tertiary/aromatic N) is 4. The Kier molecular flexibility index (Phi) is 4.14. The highest BCUT2D eigenvalue weighted by Gasteiger charge is 2.20. The first kappa shape index (κ1) is 15.2. The Morgan fingerprint density at radius 1 is 1.15 bits per heavy atom. The number of thiazole rings is 1. The molecule has 3 aromatic heterocycles. The van der Waals surface area contributed by atoms with Gasteiger partial charge in [0.15, 0.2) is 4.96 Å². The molecule has 11 heteroatoms. The number of hydrogen-bond donors (Lipinski definition) is 2. The lowest BCUT2D eigenvalue weighted by Crippen LogP contribution is -2.38. The van der Waals surface area contributed by atoms with Crippen molar-refractivity contribution in [2.45, 2.75) is 26.0 Å². The molecule has 1 fully saturated rings. The van der Waals surface area contributed by atoms with Crippen LogP contribution in [-0.2, 0) is 10.2 Å². The minimum absolute atomic E-state index is 0.155. The Morgan fingerprint density at radius 3 is 2.77 bits per heavy atom. The van der Waals surface area contributed by atoms with E-state index in [4.69, 9.17) is 36.8 Å². The smallest absolute Gasteiger partial charge is 0.326 e. The number of urea groups is 1. The number of benzene rings is 2. The third-order valence-corrected chi connectivity index (χ3v) is 6.93. The highest BCUT2D eigenvalue weighted by molar-refractivity contribution is 7.23. The second-order valence-corrected chi connectivity index (χ2v) is 9.79. The Labute approximate surface area is 254 Å². The summed E-state index contributed by atoms with van der Waals surface area (Å²) >= 11 is 1.44. The number of aromatic nitrogens is 3. The van der Waals surface area contributed by atoms with Crippen LogP contribution in [0.25, 0.3) is 26.4 Å². The summed E-state index contributed by atoms with van der Waals surface area (Å²) in [5.41, 5.74) is -1.62. The van der Waals surface area contributed by atoms with Gasteiger partial charge in [0.1, 0.15) is 12.4 Å². The van der Waals surface area contributed by atoms with E-state index in [0.717, 1.165) is 21.8 Å². The summed E-state index contributed by atoms with van der Waals surface area (Å²) in [5, 5.41) is 8.24. The van der Waals surface area contributed by atoms with Crippen molar-refractivity contribution >= 4 is 44.1 Å². The Bertz CT molecular complexity index is 2050. The molecule has 208 valence electrons. The fraction of sp³-hybridized carbons (Fsp3) is 0.345. The molecule has 10 nitrogen and oxygen atoms in total. The Balaban J connectivity index is 1.09. The molecule has 0 spiro atoms. The van der Waals surface area contributed by atoms with E-state index < -0.39 is 69.8 Å². The molecule has 0 saturated carbocycles. The molecule has 0 aliphatic carbocycles. The summed E-state index contributed by atoms with van der Waals surface area (Å²) < 4.78 is 121. The summed E-state index contributed by atoms with van der Waals surface area (Å²) in [6.45, 7) is -14.9. The number of amides is 2. The van der Waals surface area contributed by atoms with Gasteiger partial charge in [-0.3, -0.25) is 14.6 Å². The minimum atomic E-state index is -3.54. The largest absolute Gasteiger partial charge is 0.492 e. The number of carbonyl (C=O) groups is 1. The van der Waals surface area contributed by atoms with E-state index in [1.54, 1.807) is 30.3 Å². The van der Waals surface area contributed by atoms with Crippen molar-refractivity contribution in [3.8, 4) is 17.0 Å². The van der Waals surface area contributed by atoms with Gasteiger partial charge in [-0.2, -0.15) is 0 Å². The summed E-state index contributed by atoms with van der Waals surface area (Å²) in [6, 6.07) is 12.1. The predicted molar refractivity (Wildman–Crippen MR) is 157 cm³/mol. The first-order valence-corrected chi connectivity index (χ1v) is 12.8. The van der Waals surface area contributed by atoms with E-state index in [0.29, 0.717) is 22.1 Å². The molecule has 4 heterocycles. The third kappa shape index (κ3) is 5.81. The Morgan fingerprint density at radius 2 is 1.98 bits per heavy atom. The Hall–Kier alpha value is -3.93. The average molecular weight is 574 g/mol. The molecule has 2 aromatic carbocycles. The molecular weight excluding hydrogens is 528 g/mol. The van der Waals surface area contributed by atoms with Crippen LogP contribution in [0.2, 0.25) is 0 Å². The fourth-order valence-electron chi connectivity index (χ4n) is 3.96. The second-order valence-electron chi connectivity index (χ2n) is 8.79. The number of rotatable bonds is 7. The van der Waals surface area contributed by atoms with Crippen LogP contribution in [0.1, 0.15) is 44.1 Å². The monoisotopic (exact) mass is 573 g/mol. The number of nitrogens with one attached hydrogen (secondary N) is 2. The van der Waals surface area contributed by atoms with Gasteiger partial charge in [-0.25, -0.2) is 9.78 Å². The lowest BCUT2D eigenvalue weighted by molar-refractivity contribution is 0.0322. The van der Waals surface area contributed by atoms with Crippen LogP contribution in [0, 0.1) is 0 Å². The van der Waals surface area contributed by atoms with Crippen molar-refractivity contribution in [2.24, 2.45) is 0 Å². The molecular formula is C29H32N6O4S. The molecule has 4 unspecified atom stereocenters. The zero-order chi connectivity index (χ0) is 38.7. The third-order valence-electron chi connectivity index (χ3n) is 5.92. The molecule has 1 aliphatic rings. The van der Waals surface area contributed by atoms with Gasteiger partial charge in [0.25, 0.3) is 0 Å². The normalized spacial score (nSPS) is 27.6. The van der Waals surface area contributed by atoms with Gasteiger partial charge < -0.3 is 19.3 Å². The van der Waals surface area contributed by atoms with E-state index in [-0.39, 0.29) is 13.2 Å². The van der Waals surface area contributed by atoms with Crippen LogP contribution in [0.5, 0.6) is 5.75 Å². The van der Waals surface area contributed by atoms with Crippen LogP contribution in [0.4, 0.5) is 16.4 Å². The van der Waals surface area contributed by atoms with Crippen molar-refractivity contribution in [1.82, 2.24) is 19.4 Å². The second kappa shape index (κ2) is 10.9. The van der Waals surface area contributed by atoms with Gasteiger partial charge >= 0.3 is 6.03 Å². The number of anilines is 2. The molecule has 0 radical (unpaired) electrons. The van der Waals surface area contributed by atoms with Crippen LogP contribution in [0.15, 0.2) is 59.3 Å². The van der Waals surface area contributed by atoms with Crippen LogP contribution < -0.4 is 15.4 Å². The van der Waals surface area contributed by atoms with Crippen molar-refractivity contribution in [1.29, 1.82) is 0 Å². The van der Waals surface area contributed by atoms with Gasteiger partial charge in [0.2, 0.25) is 5.88 Å². The SMILES string of the molecule is [2H]C1OC([2H])C([2H])N(CCOc2ccc3c(c2)sc2nc(-c4ccc(NC(=O)Nc5cc(C(C([2H])([2H])[2H])(C([2H])([2H])[2H])C([2H])([2H])[2H])no5)cc4)cn23)C1[2H]. The van der Waals surface area contributed by atoms with Crippen LogP contribution in [-0.4, -0.2) is 64.8 Å². The maximum atomic E-state index is 12.7. The molecule has 40 heavy (non-hydrogen) atoms. The van der Waals surface area contributed by atoms with E-state index in [2.05, 4.69) is 15.8 Å². The molecule has 1 aliphatic heterocycles. The van der Waals surface area contributed by atoms with E-state index in [1.807, 2.05) is 22.7 Å². The zero-order valence-corrected chi connectivity index (χ0v) is 21.6. The standard InChI is InChI=1S/C29H32N6O4S/c1-29(2,3)25-17-26(39-33-25)32-27(36)30-20-6-4-19(5-7-20)22-18-35-23-9-8-21(16-24(23)40-28(35)31-22)38-15-12-34-10-13-37-14-11-34/h4-9,16-18H,10-15H2,1-3H3,(H2,30,32,36)/i1D3,2D3,3D3,10D,11D,13D,14D. The zero-order valence-electron chi connectivity index (χ0n) is 33.7. The van der Waals surface area contributed by atoms with Gasteiger partial charge in [-0.15, -0.1) is 0 Å². The molecule has 2 amide bonds. The van der Waals surface area contributed by atoms with Gasteiger partial charge in [0, 0.05) is 63.6 Å². The van der Waals surface area contributed by atoms with Crippen LogP contribution in [0.3, 0.4) is 0 Å². The van der Waals surface area contributed by atoms with E-state index in [9.17, 15) is 4.79 Å². The molecule has 5 aromatic rings. The van der Waals surface area contributed by atoms with Gasteiger partial charge in [0.05, 0.1) is 37.5 Å². The number of hydrogen-bond acceptors (Lipinski definition) is 8. The lowest BCUT2D eigenvalue weighted by atomic mass is 9.92. The highest BCUT2D eigenvalue weighted by Crippen LogP contribution is 2.32. The lowest BCUT2D eigenvalue weighted by Gasteiger charge is -2.26. The summed E-state index contributed by atoms with van der Waals surface area (Å²) in [7, 11) is 0. The topological polar surface area (TPSA) is 106 Å². The molecule has 4 atom stereocenters. The molecule has 1 saturated heterocycles. The van der Waals surface area contributed by atoms with Gasteiger partial charge in [-0.05, 0) is 30.3 Å². The number of ether oxygens (including phenoxy) is 2. The van der Waals surface area contributed by atoms with Gasteiger partial charge in [-0.1, -0.05) is 49.2 Å². The van der Waals surface area contributed by atoms with Crippen molar-refractivity contribution in [3.63, 3.8) is 0 Å². The number of morpholine rings is 1. The van der Waals surface area contributed by atoms with E-state index >= 15 is 0 Å². The maximum Gasteiger partial charge on any atom is 0.326 e. The van der Waals surface area contributed by atoms with Crippen LogP contribution >= 0.6 is 11.3 Å². The first-order chi connectivity index (χ1) is 24.7. The minimum Gasteiger partial charge on any atom is -0.492 e. The predicted octanol–water partition coefficient (Wildman–Crippen LogP) is 5.86. The number of fused-ring (bicyclic) bond motifs is 3. The molecule has 2 N–H and O–H groups in total. The van der Waals surface area contributed by atoms with Crippen molar-refractivity contribution in [2.75, 3.05) is 50.0 Å². The summed E-state index contributed by atoms with van der Waals surface area (Å²) in [4.78, 5) is 19.5. The summed E-state index contributed by atoms with van der Waals surface area (Å²) in [5.74, 6) is 0.109. The van der Waals surface area contributed by atoms with Crippen molar-refractivity contribution < 1.29 is 36.6 Å². The highest BCUT2D eigenvalue weighted by atomic mass is 32.1. The number of imidazole rings is 1. The fourth-order valence-corrected chi connectivity index (χ4v) is 5.00.